The minimum Gasteiger partial charge on any atom is -0.463 e. The van der Waals surface area contributed by atoms with Gasteiger partial charge in [-0.05, 0) is 26.3 Å². The maximum atomic E-state index is 11.4. The second-order valence-electron chi connectivity index (χ2n) is 4.26. The summed E-state index contributed by atoms with van der Waals surface area (Å²) in [6.45, 7) is 5.67. The van der Waals surface area contributed by atoms with E-state index in [0.717, 1.165) is 5.56 Å². The standard InChI is InChI=1S/C13H19NO2/c1-9(2)16-13(15)8-12(14)11-6-4-10(3)5-7-11/h4-7,9,12H,8,14H2,1-3H3. The Hall–Kier alpha value is -1.35. The number of nitrogens with two attached hydrogens (primary N) is 1. The van der Waals surface area contributed by atoms with Crippen molar-refractivity contribution in [3.63, 3.8) is 0 Å². The Bertz CT molecular complexity index is 343. The summed E-state index contributed by atoms with van der Waals surface area (Å²) in [6.07, 6.45) is 0.138. The molecule has 1 aromatic rings. The first kappa shape index (κ1) is 12.7. The maximum Gasteiger partial charge on any atom is 0.307 e. The molecule has 0 amide bonds. The number of ether oxygens (including phenoxy) is 1. The Labute approximate surface area is 96.6 Å². The number of benzene rings is 1. The van der Waals surface area contributed by atoms with Gasteiger partial charge in [-0.1, -0.05) is 29.8 Å². The highest BCUT2D eigenvalue weighted by atomic mass is 16.5. The zero-order chi connectivity index (χ0) is 12.1. The summed E-state index contributed by atoms with van der Waals surface area (Å²) in [7, 11) is 0. The number of esters is 1. The van der Waals surface area contributed by atoms with Crippen LogP contribution in [-0.4, -0.2) is 12.1 Å². The third kappa shape index (κ3) is 4.03. The van der Waals surface area contributed by atoms with Gasteiger partial charge < -0.3 is 10.5 Å². The molecule has 0 bridgehead atoms. The van der Waals surface area contributed by atoms with Gasteiger partial charge in [-0.25, -0.2) is 0 Å². The molecule has 1 aromatic carbocycles. The van der Waals surface area contributed by atoms with Crippen molar-refractivity contribution in [2.45, 2.75) is 39.3 Å². The molecule has 1 rings (SSSR count). The van der Waals surface area contributed by atoms with Crippen molar-refractivity contribution in [3.8, 4) is 0 Å². The summed E-state index contributed by atoms with van der Waals surface area (Å²) >= 11 is 0. The molecular weight excluding hydrogens is 202 g/mol. The van der Waals surface area contributed by atoms with E-state index in [1.807, 2.05) is 45.0 Å². The summed E-state index contributed by atoms with van der Waals surface area (Å²) in [6, 6.07) is 7.59. The van der Waals surface area contributed by atoms with Crippen LogP contribution in [-0.2, 0) is 9.53 Å². The third-order valence-electron chi connectivity index (χ3n) is 2.26. The Morgan fingerprint density at radius 2 is 1.88 bits per heavy atom. The highest BCUT2D eigenvalue weighted by molar-refractivity contribution is 5.70. The van der Waals surface area contributed by atoms with Crippen LogP contribution in [0.2, 0.25) is 0 Å². The molecule has 3 heteroatoms. The van der Waals surface area contributed by atoms with Crippen LogP contribution in [0.1, 0.15) is 37.4 Å². The minimum atomic E-state index is -0.285. The molecule has 2 N–H and O–H groups in total. The van der Waals surface area contributed by atoms with Gasteiger partial charge in [-0.2, -0.15) is 0 Å². The lowest BCUT2D eigenvalue weighted by molar-refractivity contribution is -0.147. The summed E-state index contributed by atoms with van der Waals surface area (Å²) in [5, 5.41) is 0. The van der Waals surface area contributed by atoms with Gasteiger partial charge in [0.05, 0.1) is 12.5 Å². The lowest BCUT2D eigenvalue weighted by Crippen LogP contribution is -2.19. The highest BCUT2D eigenvalue weighted by Gasteiger charge is 2.13. The van der Waals surface area contributed by atoms with Crippen LogP contribution in [0.4, 0.5) is 0 Å². The molecule has 0 fully saturated rings. The van der Waals surface area contributed by atoms with E-state index in [1.54, 1.807) is 0 Å². The number of hydrogen-bond acceptors (Lipinski definition) is 3. The zero-order valence-corrected chi connectivity index (χ0v) is 10.1. The smallest absolute Gasteiger partial charge is 0.307 e. The molecule has 0 aromatic heterocycles. The van der Waals surface area contributed by atoms with Gasteiger partial charge >= 0.3 is 5.97 Å². The molecule has 88 valence electrons. The van der Waals surface area contributed by atoms with E-state index in [2.05, 4.69) is 0 Å². The van der Waals surface area contributed by atoms with Crippen molar-refractivity contribution in [1.29, 1.82) is 0 Å². The van der Waals surface area contributed by atoms with E-state index in [4.69, 9.17) is 10.5 Å². The van der Waals surface area contributed by atoms with E-state index in [1.165, 1.54) is 5.56 Å². The number of hydrogen-bond donors (Lipinski definition) is 1. The molecule has 3 nitrogen and oxygen atoms in total. The fourth-order valence-corrected chi connectivity index (χ4v) is 1.42. The van der Waals surface area contributed by atoms with Gasteiger partial charge in [0, 0.05) is 6.04 Å². The summed E-state index contributed by atoms with van der Waals surface area (Å²) in [5.41, 5.74) is 8.07. The van der Waals surface area contributed by atoms with E-state index in [9.17, 15) is 4.79 Å². The molecule has 0 saturated carbocycles. The van der Waals surface area contributed by atoms with Gasteiger partial charge in [-0.3, -0.25) is 4.79 Å². The molecular formula is C13H19NO2. The Balaban J connectivity index is 2.55. The molecule has 0 radical (unpaired) electrons. The van der Waals surface area contributed by atoms with Crippen LogP contribution < -0.4 is 5.73 Å². The predicted molar refractivity (Wildman–Crippen MR) is 64.0 cm³/mol. The van der Waals surface area contributed by atoms with Crippen molar-refractivity contribution in [2.24, 2.45) is 5.73 Å². The Morgan fingerprint density at radius 1 is 1.31 bits per heavy atom. The molecule has 0 spiro atoms. The van der Waals surface area contributed by atoms with Crippen molar-refractivity contribution in [3.05, 3.63) is 35.4 Å². The van der Waals surface area contributed by atoms with Crippen LogP contribution in [0.25, 0.3) is 0 Å². The van der Waals surface area contributed by atoms with Crippen LogP contribution >= 0.6 is 0 Å². The number of carbonyl (C=O) groups excluding carboxylic acids is 1. The monoisotopic (exact) mass is 221 g/mol. The summed E-state index contributed by atoms with van der Waals surface area (Å²) in [4.78, 5) is 11.4. The first-order valence-electron chi connectivity index (χ1n) is 5.50. The largest absolute Gasteiger partial charge is 0.463 e. The lowest BCUT2D eigenvalue weighted by Gasteiger charge is -2.13. The highest BCUT2D eigenvalue weighted by Crippen LogP contribution is 2.15. The first-order valence-corrected chi connectivity index (χ1v) is 5.50. The molecule has 0 heterocycles. The molecule has 1 atom stereocenters. The number of rotatable bonds is 4. The minimum absolute atomic E-state index is 0.0854. The zero-order valence-electron chi connectivity index (χ0n) is 10.1. The van der Waals surface area contributed by atoms with Crippen LogP contribution in [0.5, 0.6) is 0 Å². The van der Waals surface area contributed by atoms with E-state index >= 15 is 0 Å². The molecule has 1 unspecified atom stereocenters. The average Bonchev–Trinajstić information content (AvgIpc) is 2.16. The summed E-state index contributed by atoms with van der Waals surface area (Å²) < 4.78 is 5.05. The van der Waals surface area contributed by atoms with Crippen LogP contribution in [0, 0.1) is 6.92 Å². The topological polar surface area (TPSA) is 52.3 Å². The third-order valence-corrected chi connectivity index (χ3v) is 2.26. The Morgan fingerprint density at radius 3 is 2.38 bits per heavy atom. The van der Waals surface area contributed by atoms with E-state index < -0.39 is 0 Å². The van der Waals surface area contributed by atoms with Gasteiger partial charge in [0.1, 0.15) is 0 Å². The van der Waals surface area contributed by atoms with E-state index in [-0.39, 0.29) is 24.5 Å². The predicted octanol–water partition coefficient (Wildman–Crippen LogP) is 2.34. The molecule has 0 aliphatic rings. The van der Waals surface area contributed by atoms with Gasteiger partial charge in [-0.15, -0.1) is 0 Å². The van der Waals surface area contributed by atoms with Gasteiger partial charge in [0.25, 0.3) is 0 Å². The van der Waals surface area contributed by atoms with Gasteiger partial charge in [0.2, 0.25) is 0 Å². The first-order chi connectivity index (χ1) is 7.49. The molecule has 0 aliphatic heterocycles. The lowest BCUT2D eigenvalue weighted by atomic mass is 10.0. The van der Waals surface area contributed by atoms with Crippen molar-refractivity contribution < 1.29 is 9.53 Å². The fraction of sp³-hybridized carbons (Fsp3) is 0.462. The number of carbonyl (C=O) groups is 1. The SMILES string of the molecule is Cc1ccc(C(N)CC(=O)OC(C)C)cc1. The van der Waals surface area contributed by atoms with E-state index in [0.29, 0.717) is 0 Å². The number of aryl methyl sites for hydroxylation is 1. The second kappa shape index (κ2) is 5.66. The van der Waals surface area contributed by atoms with Gasteiger partial charge in [0.15, 0.2) is 0 Å². The normalized spacial score (nSPS) is 12.6. The maximum absolute atomic E-state index is 11.4. The van der Waals surface area contributed by atoms with Crippen molar-refractivity contribution in [1.82, 2.24) is 0 Å². The molecule has 0 aliphatic carbocycles. The molecule has 16 heavy (non-hydrogen) atoms. The molecule has 0 saturated heterocycles. The van der Waals surface area contributed by atoms with Crippen LogP contribution in [0.3, 0.4) is 0 Å². The van der Waals surface area contributed by atoms with Crippen molar-refractivity contribution in [2.75, 3.05) is 0 Å². The Kier molecular flexibility index (Phi) is 4.50. The summed E-state index contributed by atoms with van der Waals surface area (Å²) in [5.74, 6) is -0.247. The van der Waals surface area contributed by atoms with Crippen LogP contribution in [0.15, 0.2) is 24.3 Å². The quantitative estimate of drug-likeness (QED) is 0.794. The fourth-order valence-electron chi connectivity index (χ4n) is 1.42. The van der Waals surface area contributed by atoms with Crippen molar-refractivity contribution >= 4 is 5.97 Å². The second-order valence-corrected chi connectivity index (χ2v) is 4.26. The average molecular weight is 221 g/mol.